The van der Waals surface area contributed by atoms with Crippen molar-refractivity contribution in [1.82, 2.24) is 9.80 Å². The molecule has 0 spiro atoms. The number of phenolic OH excluding ortho intramolecular Hbond substituents is 1. The lowest BCUT2D eigenvalue weighted by Crippen LogP contribution is -2.36. The summed E-state index contributed by atoms with van der Waals surface area (Å²) in [5.41, 5.74) is 5.76. The van der Waals surface area contributed by atoms with Crippen molar-refractivity contribution in [2.75, 3.05) is 26.7 Å². The number of hydrogen-bond acceptors (Lipinski definition) is 3. The van der Waals surface area contributed by atoms with Gasteiger partial charge in [0.25, 0.3) is 5.91 Å². The van der Waals surface area contributed by atoms with E-state index in [4.69, 9.17) is 0 Å². The van der Waals surface area contributed by atoms with E-state index in [-0.39, 0.29) is 17.6 Å². The molecule has 0 radical (unpaired) electrons. The molecule has 0 fully saturated rings. The minimum atomic E-state index is 0.0729. The number of carbonyl (C=O) groups is 1. The number of carbonyl (C=O) groups excluding carboxylic acids is 1. The summed E-state index contributed by atoms with van der Waals surface area (Å²) in [6, 6.07) is 16.1. The van der Waals surface area contributed by atoms with Gasteiger partial charge in [-0.1, -0.05) is 35.4 Å². The highest BCUT2D eigenvalue weighted by Gasteiger charge is 2.28. The molecule has 3 rings (SSSR count). The van der Waals surface area contributed by atoms with Gasteiger partial charge in [0, 0.05) is 37.2 Å². The molecule has 2 atom stereocenters. The number of rotatable bonds is 6. The van der Waals surface area contributed by atoms with Crippen molar-refractivity contribution < 1.29 is 9.90 Å². The van der Waals surface area contributed by atoms with Crippen LogP contribution in [0.4, 0.5) is 0 Å². The number of benzene rings is 2. The second-order valence-electron chi connectivity index (χ2n) is 8.40. The monoisotopic (exact) mass is 406 g/mol. The first kappa shape index (κ1) is 22.1. The summed E-state index contributed by atoms with van der Waals surface area (Å²) in [7, 11) is 2.17. The molecule has 0 unspecified atom stereocenters. The molecule has 0 bridgehead atoms. The summed E-state index contributed by atoms with van der Waals surface area (Å²) in [5.74, 6) is 0.430. The van der Waals surface area contributed by atoms with Crippen molar-refractivity contribution in [3.63, 3.8) is 0 Å². The number of nitrogens with zero attached hydrogens (tertiary/aromatic N) is 2. The van der Waals surface area contributed by atoms with Gasteiger partial charge in [-0.25, -0.2) is 0 Å². The van der Waals surface area contributed by atoms with Crippen LogP contribution in [0.2, 0.25) is 0 Å². The zero-order valence-electron chi connectivity index (χ0n) is 18.9. The molecule has 0 saturated heterocycles. The third kappa shape index (κ3) is 4.59. The molecule has 160 valence electrons. The van der Waals surface area contributed by atoms with E-state index in [0.29, 0.717) is 19.1 Å². The van der Waals surface area contributed by atoms with Gasteiger partial charge in [-0.15, -0.1) is 0 Å². The zero-order chi connectivity index (χ0) is 21.8. The Kier molecular flexibility index (Phi) is 6.99. The zero-order valence-corrected chi connectivity index (χ0v) is 18.9. The Labute approximate surface area is 180 Å². The third-order valence-electron chi connectivity index (χ3n) is 6.40. The van der Waals surface area contributed by atoms with Crippen molar-refractivity contribution in [1.29, 1.82) is 0 Å². The van der Waals surface area contributed by atoms with Gasteiger partial charge in [0.2, 0.25) is 0 Å². The summed E-state index contributed by atoms with van der Waals surface area (Å²) in [5, 5.41) is 10.1. The third-order valence-corrected chi connectivity index (χ3v) is 6.40. The molecule has 30 heavy (non-hydrogen) atoms. The SMILES string of the molecule is CCN(CC)C(=O)c1ccc([C@@H](C2=C(C)CN(C)[C@@H](C)C2)c2cccc(O)c2)cc1. The standard InChI is InChI=1S/C26H34N2O2/c1-6-28(7-2)26(30)21-13-11-20(12-14-21)25(22-9-8-10-23(29)16-22)24-15-19(4)27(5)17-18(24)3/h8-14,16,19,25,29H,6-7,15,17H2,1-5H3/t19-,25+/m0/s1. The van der Waals surface area contributed by atoms with Gasteiger partial charge in [-0.2, -0.15) is 0 Å². The van der Waals surface area contributed by atoms with Gasteiger partial charge in [-0.3, -0.25) is 9.69 Å². The van der Waals surface area contributed by atoms with Crippen LogP contribution in [0, 0.1) is 0 Å². The lowest BCUT2D eigenvalue weighted by molar-refractivity contribution is 0.0773. The molecular formula is C26H34N2O2. The van der Waals surface area contributed by atoms with Gasteiger partial charge in [-0.05, 0) is 76.6 Å². The fourth-order valence-corrected chi connectivity index (χ4v) is 4.45. The predicted molar refractivity (Wildman–Crippen MR) is 123 cm³/mol. The lowest BCUT2D eigenvalue weighted by Gasteiger charge is -2.36. The normalized spacial score (nSPS) is 18.4. The summed E-state index contributed by atoms with van der Waals surface area (Å²) >= 11 is 0. The molecule has 0 aliphatic carbocycles. The fraction of sp³-hybridized carbons (Fsp3) is 0.423. The van der Waals surface area contributed by atoms with Crippen molar-refractivity contribution in [2.24, 2.45) is 0 Å². The van der Waals surface area contributed by atoms with Gasteiger partial charge < -0.3 is 10.0 Å². The molecule has 2 aromatic carbocycles. The highest BCUT2D eigenvalue weighted by atomic mass is 16.3. The van der Waals surface area contributed by atoms with E-state index < -0.39 is 0 Å². The van der Waals surface area contributed by atoms with Crippen LogP contribution >= 0.6 is 0 Å². The van der Waals surface area contributed by atoms with Crippen LogP contribution in [-0.2, 0) is 0 Å². The summed E-state index contributed by atoms with van der Waals surface area (Å²) in [6.45, 7) is 10.9. The quantitative estimate of drug-likeness (QED) is 0.683. The Morgan fingerprint density at radius 3 is 2.40 bits per heavy atom. The first-order chi connectivity index (χ1) is 14.3. The van der Waals surface area contributed by atoms with Crippen molar-refractivity contribution in [2.45, 2.75) is 46.1 Å². The van der Waals surface area contributed by atoms with Crippen LogP contribution in [0.1, 0.15) is 61.5 Å². The van der Waals surface area contributed by atoms with Crippen LogP contribution < -0.4 is 0 Å². The highest BCUT2D eigenvalue weighted by Crippen LogP contribution is 2.39. The molecule has 2 aromatic rings. The summed E-state index contributed by atoms with van der Waals surface area (Å²) in [4.78, 5) is 16.9. The number of phenols is 1. The van der Waals surface area contributed by atoms with Crippen LogP contribution in [0.5, 0.6) is 5.75 Å². The Balaban J connectivity index is 2.03. The van der Waals surface area contributed by atoms with Crippen LogP contribution in [0.15, 0.2) is 59.7 Å². The molecule has 4 nitrogen and oxygen atoms in total. The van der Waals surface area contributed by atoms with Crippen molar-refractivity contribution in [3.05, 3.63) is 76.4 Å². The predicted octanol–water partition coefficient (Wildman–Crippen LogP) is 5.05. The molecule has 1 N–H and O–H groups in total. The Hall–Kier alpha value is -2.59. The Bertz CT molecular complexity index is 913. The first-order valence-corrected chi connectivity index (χ1v) is 10.9. The van der Waals surface area contributed by atoms with E-state index in [1.54, 1.807) is 6.07 Å². The van der Waals surface area contributed by atoms with Crippen LogP contribution in [0.25, 0.3) is 0 Å². The summed E-state index contributed by atoms with van der Waals surface area (Å²) < 4.78 is 0. The van der Waals surface area contributed by atoms with E-state index in [1.807, 2.05) is 43.0 Å². The van der Waals surface area contributed by atoms with Crippen molar-refractivity contribution >= 4 is 5.91 Å². The highest BCUT2D eigenvalue weighted by molar-refractivity contribution is 5.94. The minimum Gasteiger partial charge on any atom is -0.508 e. The Morgan fingerprint density at radius 2 is 1.80 bits per heavy atom. The second-order valence-corrected chi connectivity index (χ2v) is 8.40. The molecule has 1 aliphatic rings. The van der Waals surface area contributed by atoms with Gasteiger partial charge >= 0.3 is 0 Å². The topological polar surface area (TPSA) is 43.8 Å². The van der Waals surface area contributed by atoms with Gasteiger partial charge in [0.1, 0.15) is 5.75 Å². The molecular weight excluding hydrogens is 372 g/mol. The van der Waals surface area contributed by atoms with E-state index in [1.165, 1.54) is 11.1 Å². The summed E-state index contributed by atoms with van der Waals surface area (Å²) in [6.07, 6.45) is 0.989. The average Bonchev–Trinajstić information content (AvgIpc) is 2.73. The maximum atomic E-state index is 12.7. The van der Waals surface area contributed by atoms with E-state index in [0.717, 1.165) is 29.7 Å². The lowest BCUT2D eigenvalue weighted by atomic mass is 9.78. The van der Waals surface area contributed by atoms with E-state index in [2.05, 4.69) is 44.0 Å². The smallest absolute Gasteiger partial charge is 0.253 e. The average molecular weight is 407 g/mol. The molecule has 0 saturated carbocycles. The molecule has 4 heteroatoms. The number of likely N-dealkylation sites (N-methyl/N-ethyl adjacent to an activating group) is 1. The van der Waals surface area contributed by atoms with E-state index in [9.17, 15) is 9.90 Å². The number of hydrogen-bond donors (Lipinski definition) is 1. The van der Waals surface area contributed by atoms with Gasteiger partial charge in [0.15, 0.2) is 0 Å². The minimum absolute atomic E-state index is 0.0729. The second kappa shape index (κ2) is 9.48. The number of amides is 1. The fourth-order valence-electron chi connectivity index (χ4n) is 4.45. The molecule has 1 amide bonds. The maximum absolute atomic E-state index is 12.7. The maximum Gasteiger partial charge on any atom is 0.253 e. The first-order valence-electron chi connectivity index (χ1n) is 10.9. The van der Waals surface area contributed by atoms with E-state index >= 15 is 0 Å². The van der Waals surface area contributed by atoms with Gasteiger partial charge in [0.05, 0.1) is 0 Å². The van der Waals surface area contributed by atoms with Crippen molar-refractivity contribution in [3.8, 4) is 5.75 Å². The number of aromatic hydroxyl groups is 1. The van der Waals surface area contributed by atoms with Crippen LogP contribution in [-0.4, -0.2) is 53.5 Å². The molecule has 1 heterocycles. The largest absolute Gasteiger partial charge is 0.508 e. The molecule has 0 aromatic heterocycles. The Morgan fingerprint density at radius 1 is 1.13 bits per heavy atom. The molecule has 1 aliphatic heterocycles. The van der Waals surface area contributed by atoms with Crippen LogP contribution in [0.3, 0.4) is 0 Å².